The van der Waals surface area contributed by atoms with Crippen molar-refractivity contribution in [3.63, 3.8) is 0 Å². The molecule has 0 spiro atoms. The van der Waals surface area contributed by atoms with Crippen LogP contribution in [0.5, 0.6) is 5.75 Å². The Morgan fingerprint density at radius 2 is 1.86 bits per heavy atom. The second kappa shape index (κ2) is 12.8. The number of quaternary nitrogens is 1. The van der Waals surface area contributed by atoms with E-state index in [0.29, 0.717) is 12.5 Å². The summed E-state index contributed by atoms with van der Waals surface area (Å²) in [5.41, 5.74) is 2.53. The summed E-state index contributed by atoms with van der Waals surface area (Å²) in [5, 5.41) is 3.05. The molecule has 4 nitrogen and oxygen atoms in total. The third-order valence-corrected chi connectivity index (χ3v) is 5.22. The molecular weight excluding hydrogens is 348 g/mol. The summed E-state index contributed by atoms with van der Waals surface area (Å²) in [7, 11) is 4.28. The van der Waals surface area contributed by atoms with Crippen LogP contribution in [0.2, 0.25) is 0 Å². The number of nitrogens with zero attached hydrogens (tertiary/aromatic N) is 1. The average Bonchev–Trinajstić information content (AvgIpc) is 2.62. The zero-order chi connectivity index (χ0) is 21.0. The van der Waals surface area contributed by atoms with E-state index in [9.17, 15) is 4.79 Å². The first-order valence-corrected chi connectivity index (χ1v) is 11.1. The quantitative estimate of drug-likeness (QED) is 0.356. The van der Waals surface area contributed by atoms with Crippen molar-refractivity contribution < 1.29 is 14.0 Å². The van der Waals surface area contributed by atoms with Gasteiger partial charge in [-0.05, 0) is 55.7 Å². The molecule has 0 radical (unpaired) electrons. The van der Waals surface area contributed by atoms with Crippen LogP contribution in [0.3, 0.4) is 0 Å². The molecule has 0 atom stereocenters. The topological polar surface area (TPSA) is 38.3 Å². The molecule has 1 rings (SSSR count). The lowest BCUT2D eigenvalue weighted by Crippen LogP contribution is -2.48. The van der Waals surface area contributed by atoms with Gasteiger partial charge in [0.05, 0.1) is 27.2 Å². The van der Waals surface area contributed by atoms with Crippen molar-refractivity contribution in [3.05, 3.63) is 29.3 Å². The summed E-state index contributed by atoms with van der Waals surface area (Å²) in [6.07, 6.45) is 6.74. The van der Waals surface area contributed by atoms with Gasteiger partial charge < -0.3 is 14.5 Å². The fourth-order valence-electron chi connectivity index (χ4n) is 3.26. The van der Waals surface area contributed by atoms with Crippen LogP contribution in [-0.4, -0.2) is 50.7 Å². The first-order chi connectivity index (χ1) is 13.2. The van der Waals surface area contributed by atoms with E-state index in [1.54, 1.807) is 0 Å². The van der Waals surface area contributed by atoms with Crippen LogP contribution in [0, 0.1) is 6.92 Å². The van der Waals surface area contributed by atoms with Crippen molar-refractivity contribution in [1.82, 2.24) is 5.32 Å². The number of ether oxygens (including phenoxy) is 1. The summed E-state index contributed by atoms with van der Waals surface area (Å²) in [5.74, 6) is 1.71. The minimum absolute atomic E-state index is 0.171. The average molecular weight is 392 g/mol. The molecule has 0 saturated carbocycles. The van der Waals surface area contributed by atoms with Gasteiger partial charge in [0.15, 0.2) is 6.54 Å². The second-order valence-electron chi connectivity index (χ2n) is 8.96. The number of carbonyl (C=O) groups excluding carboxylic acids is 1. The Labute approximate surface area is 173 Å². The molecule has 0 aromatic heterocycles. The number of aryl methyl sites for hydroxylation is 1. The maximum Gasteiger partial charge on any atom is 0.275 e. The Hall–Kier alpha value is -1.55. The third kappa shape index (κ3) is 10.1. The minimum atomic E-state index is 0.171. The molecule has 1 aromatic carbocycles. The molecule has 1 N–H and O–H groups in total. The van der Waals surface area contributed by atoms with E-state index >= 15 is 0 Å². The third-order valence-electron chi connectivity index (χ3n) is 5.22. The fraction of sp³-hybridized carbons (Fsp3) is 0.708. The molecule has 0 unspecified atom stereocenters. The molecule has 1 amide bonds. The van der Waals surface area contributed by atoms with Crippen LogP contribution >= 0.6 is 0 Å². The normalized spacial score (nSPS) is 11.7. The highest BCUT2D eigenvalue weighted by atomic mass is 16.5. The molecule has 0 bridgehead atoms. The van der Waals surface area contributed by atoms with E-state index in [-0.39, 0.29) is 5.91 Å². The summed E-state index contributed by atoms with van der Waals surface area (Å²) in [4.78, 5) is 12.1. The Morgan fingerprint density at radius 1 is 1.11 bits per heavy atom. The Bertz CT molecular complexity index is 582. The van der Waals surface area contributed by atoms with Gasteiger partial charge in [0, 0.05) is 6.54 Å². The van der Waals surface area contributed by atoms with Gasteiger partial charge in [0.25, 0.3) is 5.91 Å². The van der Waals surface area contributed by atoms with Crippen molar-refractivity contribution in [2.45, 2.75) is 72.1 Å². The zero-order valence-electron chi connectivity index (χ0n) is 19.1. The van der Waals surface area contributed by atoms with E-state index in [1.807, 2.05) is 0 Å². The smallest absolute Gasteiger partial charge is 0.275 e. The van der Waals surface area contributed by atoms with Crippen LogP contribution in [-0.2, 0) is 4.79 Å². The molecule has 0 aliphatic carbocycles. The number of amides is 1. The Morgan fingerprint density at radius 3 is 2.54 bits per heavy atom. The highest BCUT2D eigenvalue weighted by Gasteiger charge is 2.19. The van der Waals surface area contributed by atoms with Gasteiger partial charge >= 0.3 is 0 Å². The Balaban J connectivity index is 2.22. The van der Waals surface area contributed by atoms with Crippen LogP contribution in [0.4, 0.5) is 0 Å². The zero-order valence-corrected chi connectivity index (χ0v) is 19.1. The standard InChI is InChI=1S/C24H42N2O2/c1-7-8-10-15-25-24(27)19-26(5,6)16-11-9-12-17-28-23-18-22(20(2)3)14-13-21(23)4/h13-14,18,20H,7-12,15-17,19H2,1-6H3/p+1. The lowest BCUT2D eigenvalue weighted by Gasteiger charge is -2.29. The molecule has 28 heavy (non-hydrogen) atoms. The number of rotatable bonds is 14. The molecule has 0 saturated heterocycles. The maximum atomic E-state index is 12.1. The predicted molar refractivity (Wildman–Crippen MR) is 119 cm³/mol. The van der Waals surface area contributed by atoms with Gasteiger partial charge in [-0.15, -0.1) is 0 Å². The van der Waals surface area contributed by atoms with Gasteiger partial charge in [0.2, 0.25) is 0 Å². The largest absolute Gasteiger partial charge is 0.493 e. The van der Waals surface area contributed by atoms with Gasteiger partial charge in [-0.25, -0.2) is 0 Å². The Kier molecular flexibility index (Phi) is 11.2. The summed E-state index contributed by atoms with van der Waals surface area (Å²) in [6.45, 7) is 11.8. The first kappa shape index (κ1) is 24.5. The molecule has 0 fully saturated rings. The number of benzene rings is 1. The van der Waals surface area contributed by atoms with Crippen LogP contribution in [0.15, 0.2) is 18.2 Å². The van der Waals surface area contributed by atoms with E-state index < -0.39 is 0 Å². The van der Waals surface area contributed by atoms with E-state index in [4.69, 9.17) is 4.74 Å². The summed E-state index contributed by atoms with van der Waals surface area (Å²) >= 11 is 0. The van der Waals surface area contributed by atoms with Crippen LogP contribution in [0.25, 0.3) is 0 Å². The monoisotopic (exact) mass is 391 g/mol. The fourth-order valence-corrected chi connectivity index (χ4v) is 3.26. The predicted octanol–water partition coefficient (Wildman–Crippen LogP) is 5.05. The molecule has 0 heterocycles. The van der Waals surface area contributed by atoms with E-state index in [2.05, 4.69) is 65.3 Å². The van der Waals surface area contributed by atoms with Crippen molar-refractivity contribution in [3.8, 4) is 5.75 Å². The van der Waals surface area contributed by atoms with Crippen molar-refractivity contribution in [2.24, 2.45) is 0 Å². The molecular formula is C24H43N2O2+. The van der Waals surface area contributed by atoms with Gasteiger partial charge in [-0.3, -0.25) is 4.79 Å². The van der Waals surface area contributed by atoms with Crippen LogP contribution in [0.1, 0.15) is 76.3 Å². The van der Waals surface area contributed by atoms with Gasteiger partial charge in [-0.2, -0.15) is 0 Å². The number of hydrogen-bond acceptors (Lipinski definition) is 2. The second-order valence-corrected chi connectivity index (χ2v) is 8.96. The molecule has 1 aromatic rings. The van der Waals surface area contributed by atoms with E-state index in [0.717, 1.165) is 55.6 Å². The SMILES string of the molecule is CCCCCNC(=O)C[N+](C)(C)CCCCCOc1cc(C(C)C)ccc1C. The summed E-state index contributed by atoms with van der Waals surface area (Å²) < 4.78 is 6.77. The van der Waals surface area contributed by atoms with Crippen LogP contribution < -0.4 is 10.1 Å². The number of carbonyl (C=O) groups is 1. The lowest BCUT2D eigenvalue weighted by atomic mass is 10.0. The summed E-state index contributed by atoms with van der Waals surface area (Å²) in [6, 6.07) is 6.52. The van der Waals surface area contributed by atoms with E-state index in [1.165, 1.54) is 24.0 Å². The maximum absolute atomic E-state index is 12.1. The van der Waals surface area contributed by atoms with Gasteiger partial charge in [0.1, 0.15) is 5.75 Å². The number of likely N-dealkylation sites (N-methyl/N-ethyl adjacent to an activating group) is 1. The first-order valence-electron chi connectivity index (χ1n) is 11.1. The number of hydrogen-bond donors (Lipinski definition) is 1. The number of nitrogens with one attached hydrogen (secondary N) is 1. The van der Waals surface area contributed by atoms with Crippen molar-refractivity contribution in [1.29, 1.82) is 0 Å². The molecule has 0 aliphatic heterocycles. The molecule has 4 heteroatoms. The number of unbranched alkanes of at least 4 members (excludes halogenated alkanes) is 4. The molecule has 0 aliphatic rings. The van der Waals surface area contributed by atoms with Crippen molar-refractivity contribution in [2.75, 3.05) is 40.3 Å². The highest BCUT2D eigenvalue weighted by Crippen LogP contribution is 2.24. The lowest BCUT2D eigenvalue weighted by molar-refractivity contribution is -0.882. The van der Waals surface area contributed by atoms with Crippen molar-refractivity contribution >= 4 is 5.91 Å². The van der Waals surface area contributed by atoms with Gasteiger partial charge in [-0.1, -0.05) is 45.7 Å². The molecule has 160 valence electrons. The highest BCUT2D eigenvalue weighted by molar-refractivity contribution is 5.76. The minimum Gasteiger partial charge on any atom is -0.493 e.